The fraction of sp³-hybridized carbons (Fsp3) is 0.316. The second-order valence-electron chi connectivity index (χ2n) is 6.56. The van der Waals surface area contributed by atoms with E-state index in [-0.39, 0.29) is 11.5 Å². The number of ether oxygens (including phenoxy) is 1. The van der Waals surface area contributed by atoms with Gasteiger partial charge < -0.3 is 4.74 Å². The molecule has 1 aromatic carbocycles. The van der Waals surface area contributed by atoms with Gasteiger partial charge in [0.15, 0.2) is 9.84 Å². The number of pyridine rings is 1. The van der Waals surface area contributed by atoms with Crippen LogP contribution in [0.1, 0.15) is 5.56 Å². The molecule has 0 saturated carbocycles. The Kier molecular flexibility index (Phi) is 4.42. The lowest BCUT2D eigenvalue weighted by atomic mass is 10.1. The normalized spacial score (nSPS) is 17.4. The third-order valence-corrected chi connectivity index (χ3v) is 6.42. The van der Waals surface area contributed by atoms with E-state index in [1.54, 1.807) is 7.11 Å². The van der Waals surface area contributed by atoms with Crippen LogP contribution in [0.2, 0.25) is 0 Å². The minimum Gasteiger partial charge on any atom is -0.497 e. The van der Waals surface area contributed by atoms with Crippen molar-refractivity contribution in [3.63, 3.8) is 0 Å². The van der Waals surface area contributed by atoms with Gasteiger partial charge in [0, 0.05) is 37.5 Å². The van der Waals surface area contributed by atoms with E-state index in [4.69, 9.17) is 4.74 Å². The minimum atomic E-state index is -2.83. The lowest BCUT2D eigenvalue weighted by Gasteiger charge is -2.26. The zero-order chi connectivity index (χ0) is 18.1. The number of aromatic nitrogens is 2. The summed E-state index contributed by atoms with van der Waals surface area (Å²) < 4.78 is 30.3. The molecule has 136 valence electrons. The first kappa shape index (κ1) is 17.1. The molecule has 4 rings (SSSR count). The maximum absolute atomic E-state index is 11.5. The number of imidazole rings is 1. The molecule has 3 aromatic rings. The molecule has 0 N–H and O–H groups in total. The predicted octanol–water partition coefficient (Wildman–Crippen LogP) is 2.24. The quantitative estimate of drug-likeness (QED) is 0.704. The van der Waals surface area contributed by atoms with Crippen LogP contribution in [0, 0.1) is 0 Å². The zero-order valence-corrected chi connectivity index (χ0v) is 15.4. The number of nitrogens with zero attached hydrogens (tertiary/aromatic N) is 3. The molecule has 26 heavy (non-hydrogen) atoms. The standard InChI is InChI=1S/C19H21N3O3S/c1-25-17-6-7-22-18(13-20-19(22)12-17)16-4-2-15(3-5-16)14-21-8-10-26(23,24)11-9-21/h2-7,12-13H,8-11,14H2,1H3. The van der Waals surface area contributed by atoms with E-state index in [0.717, 1.165) is 29.2 Å². The molecule has 1 fully saturated rings. The van der Waals surface area contributed by atoms with Gasteiger partial charge in [0.2, 0.25) is 0 Å². The van der Waals surface area contributed by atoms with Crippen molar-refractivity contribution in [3.05, 3.63) is 54.4 Å². The molecule has 6 nitrogen and oxygen atoms in total. The van der Waals surface area contributed by atoms with Crippen molar-refractivity contribution in [1.82, 2.24) is 14.3 Å². The van der Waals surface area contributed by atoms with Crippen molar-refractivity contribution < 1.29 is 13.2 Å². The fourth-order valence-corrected chi connectivity index (χ4v) is 4.53. The van der Waals surface area contributed by atoms with E-state index in [0.29, 0.717) is 13.1 Å². The molecule has 0 atom stereocenters. The molecule has 3 heterocycles. The van der Waals surface area contributed by atoms with Gasteiger partial charge in [0.25, 0.3) is 0 Å². The van der Waals surface area contributed by atoms with Gasteiger partial charge in [-0.2, -0.15) is 0 Å². The van der Waals surface area contributed by atoms with Crippen LogP contribution in [0.3, 0.4) is 0 Å². The monoisotopic (exact) mass is 371 g/mol. The van der Waals surface area contributed by atoms with Crippen molar-refractivity contribution in [2.45, 2.75) is 6.54 Å². The first-order valence-corrected chi connectivity index (χ1v) is 10.4. The summed E-state index contributed by atoms with van der Waals surface area (Å²) in [4.78, 5) is 6.64. The second-order valence-corrected chi connectivity index (χ2v) is 8.87. The summed E-state index contributed by atoms with van der Waals surface area (Å²) in [6.45, 7) is 2.00. The van der Waals surface area contributed by atoms with Gasteiger partial charge in [-0.15, -0.1) is 0 Å². The van der Waals surface area contributed by atoms with E-state index in [9.17, 15) is 8.42 Å². The van der Waals surface area contributed by atoms with Crippen molar-refractivity contribution in [2.24, 2.45) is 0 Å². The highest BCUT2D eigenvalue weighted by molar-refractivity contribution is 7.91. The molecule has 0 unspecified atom stereocenters. The lowest BCUT2D eigenvalue weighted by Crippen LogP contribution is -2.39. The minimum absolute atomic E-state index is 0.260. The number of methoxy groups -OCH3 is 1. The molecule has 1 aliphatic rings. The number of fused-ring (bicyclic) bond motifs is 1. The van der Waals surface area contributed by atoms with E-state index in [2.05, 4.69) is 34.1 Å². The van der Waals surface area contributed by atoms with Crippen LogP contribution in [0.15, 0.2) is 48.8 Å². The summed E-state index contributed by atoms with van der Waals surface area (Å²) in [6, 6.07) is 12.2. The summed E-state index contributed by atoms with van der Waals surface area (Å²) >= 11 is 0. The maximum Gasteiger partial charge on any atom is 0.152 e. The summed E-state index contributed by atoms with van der Waals surface area (Å²) in [7, 11) is -1.19. The van der Waals surface area contributed by atoms with Crippen LogP contribution >= 0.6 is 0 Å². The Hall–Kier alpha value is -2.38. The van der Waals surface area contributed by atoms with Gasteiger partial charge >= 0.3 is 0 Å². The SMILES string of the molecule is COc1ccn2c(-c3ccc(CN4CCS(=O)(=O)CC4)cc3)cnc2c1. The molecule has 7 heteroatoms. The molecule has 0 amide bonds. The van der Waals surface area contributed by atoms with Crippen LogP contribution in [0.4, 0.5) is 0 Å². The van der Waals surface area contributed by atoms with Crippen LogP contribution in [-0.2, 0) is 16.4 Å². The summed E-state index contributed by atoms with van der Waals surface area (Å²) in [5.41, 5.74) is 4.15. The molecule has 1 saturated heterocycles. The van der Waals surface area contributed by atoms with Crippen LogP contribution in [0.5, 0.6) is 5.75 Å². The van der Waals surface area contributed by atoms with Gasteiger partial charge in [-0.05, 0) is 11.6 Å². The number of hydrogen-bond acceptors (Lipinski definition) is 5. The van der Waals surface area contributed by atoms with Crippen molar-refractivity contribution in [3.8, 4) is 17.0 Å². The van der Waals surface area contributed by atoms with Gasteiger partial charge in [-0.25, -0.2) is 13.4 Å². The van der Waals surface area contributed by atoms with Gasteiger partial charge in [-0.3, -0.25) is 9.30 Å². The number of hydrogen-bond donors (Lipinski definition) is 0. The Morgan fingerprint density at radius 1 is 1.12 bits per heavy atom. The Morgan fingerprint density at radius 2 is 1.85 bits per heavy atom. The van der Waals surface area contributed by atoms with E-state index < -0.39 is 9.84 Å². The number of sulfone groups is 1. The number of benzene rings is 1. The molecule has 0 radical (unpaired) electrons. The third kappa shape index (κ3) is 3.45. The van der Waals surface area contributed by atoms with Crippen molar-refractivity contribution in [1.29, 1.82) is 0 Å². The topological polar surface area (TPSA) is 63.9 Å². The molecule has 0 spiro atoms. The summed E-state index contributed by atoms with van der Waals surface area (Å²) in [5.74, 6) is 1.31. The molecule has 0 bridgehead atoms. The molecule has 0 aliphatic carbocycles. The van der Waals surface area contributed by atoms with E-state index in [1.165, 1.54) is 5.56 Å². The maximum atomic E-state index is 11.5. The Labute approximate surface area is 153 Å². The fourth-order valence-electron chi connectivity index (χ4n) is 3.25. The number of rotatable bonds is 4. The average molecular weight is 371 g/mol. The highest BCUT2D eigenvalue weighted by Gasteiger charge is 2.21. The highest BCUT2D eigenvalue weighted by Crippen LogP contribution is 2.24. The lowest BCUT2D eigenvalue weighted by molar-refractivity contribution is 0.287. The van der Waals surface area contributed by atoms with Crippen LogP contribution in [-0.4, -0.2) is 54.4 Å². The average Bonchev–Trinajstić information content (AvgIpc) is 3.07. The first-order valence-electron chi connectivity index (χ1n) is 8.57. The smallest absolute Gasteiger partial charge is 0.152 e. The summed E-state index contributed by atoms with van der Waals surface area (Å²) in [6.07, 6.45) is 3.82. The molecule has 1 aliphatic heterocycles. The van der Waals surface area contributed by atoms with Crippen molar-refractivity contribution in [2.75, 3.05) is 31.7 Å². The largest absolute Gasteiger partial charge is 0.497 e. The molecular formula is C19H21N3O3S. The second kappa shape index (κ2) is 6.74. The van der Waals surface area contributed by atoms with E-state index in [1.807, 2.05) is 28.9 Å². The van der Waals surface area contributed by atoms with Gasteiger partial charge in [0.05, 0.1) is 30.5 Å². The Bertz CT molecular complexity index is 1010. The van der Waals surface area contributed by atoms with E-state index >= 15 is 0 Å². The van der Waals surface area contributed by atoms with Gasteiger partial charge in [0.1, 0.15) is 11.4 Å². The Balaban J connectivity index is 1.51. The Morgan fingerprint density at radius 3 is 2.54 bits per heavy atom. The molecule has 2 aromatic heterocycles. The predicted molar refractivity (Wildman–Crippen MR) is 101 cm³/mol. The highest BCUT2D eigenvalue weighted by atomic mass is 32.2. The van der Waals surface area contributed by atoms with Gasteiger partial charge in [-0.1, -0.05) is 24.3 Å². The first-order chi connectivity index (χ1) is 12.5. The third-order valence-electron chi connectivity index (χ3n) is 4.81. The van der Waals surface area contributed by atoms with Crippen LogP contribution in [0.25, 0.3) is 16.9 Å². The summed E-state index contributed by atoms with van der Waals surface area (Å²) in [5, 5.41) is 0. The molecular weight excluding hydrogens is 350 g/mol. The van der Waals surface area contributed by atoms with Crippen molar-refractivity contribution >= 4 is 15.5 Å². The van der Waals surface area contributed by atoms with Crippen LogP contribution < -0.4 is 4.74 Å². The zero-order valence-electron chi connectivity index (χ0n) is 14.6.